The predicted molar refractivity (Wildman–Crippen MR) is 75.4 cm³/mol. The quantitative estimate of drug-likeness (QED) is 0.617. The second-order valence-electron chi connectivity index (χ2n) is 5.55. The minimum atomic E-state index is -0.701. The number of rotatable bonds is 9. The minimum Gasteiger partial charge on any atom is -0.480 e. The number of hydrogen-bond acceptors (Lipinski definition) is 4. The van der Waals surface area contributed by atoms with Crippen LogP contribution < -0.4 is 5.32 Å². The van der Waals surface area contributed by atoms with Gasteiger partial charge in [0.1, 0.15) is 5.54 Å². The molecule has 2 unspecified atom stereocenters. The van der Waals surface area contributed by atoms with Crippen LogP contribution in [0.15, 0.2) is 0 Å². The molecule has 0 saturated heterocycles. The molecule has 112 valence electrons. The summed E-state index contributed by atoms with van der Waals surface area (Å²) in [5.41, 5.74) is -0.701. The van der Waals surface area contributed by atoms with Crippen molar-refractivity contribution < 1.29 is 14.6 Å². The minimum absolute atomic E-state index is 0.236. The maximum atomic E-state index is 11.5. The number of likely N-dealkylation sites (N-methyl/N-ethyl adjacent to an activating group) is 1. The van der Waals surface area contributed by atoms with Gasteiger partial charge in [0, 0.05) is 20.3 Å². The number of hydrogen-bond donors (Lipinski definition) is 2. The smallest absolute Gasteiger partial charge is 0.324 e. The maximum Gasteiger partial charge on any atom is 0.324 e. The second-order valence-corrected chi connectivity index (χ2v) is 5.55. The van der Waals surface area contributed by atoms with Crippen LogP contribution in [0.4, 0.5) is 0 Å². The normalized spacial score (nSPS) is 27.1. The topological polar surface area (TPSA) is 61.8 Å². The van der Waals surface area contributed by atoms with E-state index in [0.29, 0.717) is 0 Å². The van der Waals surface area contributed by atoms with Gasteiger partial charge in [-0.25, -0.2) is 0 Å². The third-order valence-electron chi connectivity index (χ3n) is 4.40. The summed E-state index contributed by atoms with van der Waals surface area (Å²) in [7, 11) is 5.58. The highest BCUT2D eigenvalue weighted by Gasteiger charge is 2.47. The molecule has 0 aromatic heterocycles. The lowest BCUT2D eigenvalue weighted by Crippen LogP contribution is -2.53. The highest BCUT2D eigenvalue weighted by molar-refractivity contribution is 5.79. The Balaban J connectivity index is 2.41. The molecule has 0 aromatic carbocycles. The Kier molecular flexibility index (Phi) is 6.75. The van der Waals surface area contributed by atoms with E-state index in [1.165, 1.54) is 0 Å². The molecule has 0 spiro atoms. The Morgan fingerprint density at radius 2 is 2.26 bits per heavy atom. The van der Waals surface area contributed by atoms with Crippen LogP contribution >= 0.6 is 0 Å². The van der Waals surface area contributed by atoms with Crippen molar-refractivity contribution in [2.24, 2.45) is 5.92 Å². The fourth-order valence-corrected chi connectivity index (χ4v) is 3.15. The van der Waals surface area contributed by atoms with Crippen LogP contribution in [0.25, 0.3) is 0 Å². The standard InChI is InChI=1S/C14H28N2O3/c1-15-14(13(17)18)8-4-6-12(14)7-10-16(2)9-5-11-19-3/h12,15H,4-11H2,1-3H3,(H,17,18). The molecular formula is C14H28N2O3. The van der Waals surface area contributed by atoms with Crippen molar-refractivity contribution in [3.05, 3.63) is 0 Å². The summed E-state index contributed by atoms with van der Waals surface area (Å²) >= 11 is 0. The Bertz CT molecular complexity index is 286. The molecule has 19 heavy (non-hydrogen) atoms. The summed E-state index contributed by atoms with van der Waals surface area (Å²) in [4.78, 5) is 13.8. The molecule has 0 aromatic rings. The summed E-state index contributed by atoms with van der Waals surface area (Å²) in [6, 6.07) is 0. The number of methoxy groups -OCH3 is 1. The van der Waals surface area contributed by atoms with Crippen molar-refractivity contribution in [1.29, 1.82) is 0 Å². The molecule has 2 N–H and O–H groups in total. The molecule has 1 aliphatic rings. The van der Waals surface area contributed by atoms with Gasteiger partial charge in [0.15, 0.2) is 0 Å². The molecule has 1 saturated carbocycles. The second kappa shape index (κ2) is 7.82. The van der Waals surface area contributed by atoms with E-state index in [1.54, 1.807) is 14.2 Å². The highest BCUT2D eigenvalue weighted by atomic mass is 16.5. The summed E-state index contributed by atoms with van der Waals surface area (Å²) in [6.07, 6.45) is 4.73. The molecule has 2 atom stereocenters. The maximum absolute atomic E-state index is 11.5. The highest BCUT2D eigenvalue weighted by Crippen LogP contribution is 2.38. The third-order valence-corrected chi connectivity index (χ3v) is 4.40. The molecule has 1 aliphatic carbocycles. The molecule has 5 nitrogen and oxygen atoms in total. The fourth-order valence-electron chi connectivity index (χ4n) is 3.15. The van der Waals surface area contributed by atoms with Gasteiger partial charge in [0.2, 0.25) is 0 Å². The van der Waals surface area contributed by atoms with E-state index in [-0.39, 0.29) is 5.92 Å². The number of carboxylic acids is 1. The number of aliphatic carboxylic acids is 1. The van der Waals surface area contributed by atoms with Gasteiger partial charge in [-0.3, -0.25) is 4.79 Å². The van der Waals surface area contributed by atoms with Crippen LogP contribution in [0.3, 0.4) is 0 Å². The van der Waals surface area contributed by atoms with E-state index in [2.05, 4.69) is 17.3 Å². The molecule has 0 aliphatic heterocycles. The van der Waals surface area contributed by atoms with Gasteiger partial charge in [-0.2, -0.15) is 0 Å². The van der Waals surface area contributed by atoms with Gasteiger partial charge < -0.3 is 20.1 Å². The average Bonchev–Trinajstić information content (AvgIpc) is 2.80. The summed E-state index contributed by atoms with van der Waals surface area (Å²) in [5.74, 6) is -0.459. The molecule has 0 amide bonds. The first-order chi connectivity index (χ1) is 9.06. The van der Waals surface area contributed by atoms with Crippen LogP contribution in [0.5, 0.6) is 0 Å². The van der Waals surface area contributed by atoms with E-state index in [4.69, 9.17) is 4.74 Å². The van der Waals surface area contributed by atoms with Gasteiger partial charge in [0.05, 0.1) is 0 Å². The Hall–Kier alpha value is -0.650. The van der Waals surface area contributed by atoms with Crippen LogP contribution in [-0.2, 0) is 9.53 Å². The Labute approximate surface area is 116 Å². The molecular weight excluding hydrogens is 244 g/mol. The van der Waals surface area contributed by atoms with Crippen LogP contribution in [-0.4, -0.2) is 62.4 Å². The summed E-state index contributed by atoms with van der Waals surface area (Å²) < 4.78 is 5.04. The molecule has 0 radical (unpaired) electrons. The van der Waals surface area contributed by atoms with Gasteiger partial charge in [-0.15, -0.1) is 0 Å². The fraction of sp³-hybridized carbons (Fsp3) is 0.929. The van der Waals surface area contributed by atoms with E-state index in [0.717, 1.165) is 51.8 Å². The molecule has 0 bridgehead atoms. The van der Waals surface area contributed by atoms with Crippen molar-refractivity contribution in [1.82, 2.24) is 10.2 Å². The molecule has 0 heterocycles. The van der Waals surface area contributed by atoms with Crippen molar-refractivity contribution in [3.8, 4) is 0 Å². The first-order valence-corrected chi connectivity index (χ1v) is 7.16. The molecule has 5 heteroatoms. The van der Waals surface area contributed by atoms with Crippen LogP contribution in [0, 0.1) is 5.92 Å². The van der Waals surface area contributed by atoms with Crippen molar-refractivity contribution in [3.63, 3.8) is 0 Å². The Morgan fingerprint density at radius 3 is 2.84 bits per heavy atom. The van der Waals surface area contributed by atoms with Crippen LogP contribution in [0.2, 0.25) is 0 Å². The lowest BCUT2D eigenvalue weighted by Gasteiger charge is -2.32. The van der Waals surface area contributed by atoms with Crippen molar-refractivity contribution >= 4 is 5.97 Å². The first-order valence-electron chi connectivity index (χ1n) is 7.16. The SMILES string of the molecule is CNC1(C(=O)O)CCCC1CCN(C)CCCOC. The number of carbonyl (C=O) groups is 1. The largest absolute Gasteiger partial charge is 0.480 e. The molecule has 1 fully saturated rings. The van der Waals surface area contributed by atoms with Crippen molar-refractivity contribution in [2.75, 3.05) is 40.9 Å². The van der Waals surface area contributed by atoms with Crippen molar-refractivity contribution in [2.45, 2.75) is 37.6 Å². The number of ether oxygens (including phenoxy) is 1. The summed E-state index contributed by atoms with van der Waals surface area (Å²) in [5, 5.41) is 12.5. The van der Waals surface area contributed by atoms with E-state index in [9.17, 15) is 9.90 Å². The van der Waals surface area contributed by atoms with Crippen LogP contribution in [0.1, 0.15) is 32.1 Å². The average molecular weight is 272 g/mol. The molecule has 1 rings (SSSR count). The van der Waals surface area contributed by atoms with Gasteiger partial charge in [-0.1, -0.05) is 6.42 Å². The number of carboxylic acid groups (broad SMARTS) is 1. The predicted octanol–water partition coefficient (Wildman–Crippen LogP) is 1.19. The Morgan fingerprint density at radius 1 is 1.53 bits per heavy atom. The van der Waals surface area contributed by atoms with E-state index < -0.39 is 11.5 Å². The lowest BCUT2D eigenvalue weighted by molar-refractivity contribution is -0.146. The van der Waals surface area contributed by atoms with Gasteiger partial charge in [-0.05, 0) is 52.2 Å². The van der Waals surface area contributed by atoms with E-state index in [1.807, 2.05) is 0 Å². The van der Waals surface area contributed by atoms with Gasteiger partial charge in [0.25, 0.3) is 0 Å². The van der Waals surface area contributed by atoms with E-state index >= 15 is 0 Å². The zero-order valence-electron chi connectivity index (χ0n) is 12.4. The first kappa shape index (κ1) is 16.4. The third kappa shape index (κ3) is 4.16. The van der Waals surface area contributed by atoms with Gasteiger partial charge >= 0.3 is 5.97 Å². The summed E-state index contributed by atoms with van der Waals surface area (Å²) in [6.45, 7) is 2.73. The number of nitrogens with zero attached hydrogens (tertiary/aromatic N) is 1. The zero-order valence-corrected chi connectivity index (χ0v) is 12.4. The zero-order chi connectivity index (χ0) is 14.3. The lowest BCUT2D eigenvalue weighted by atomic mass is 9.84. The number of nitrogens with one attached hydrogen (secondary N) is 1. The monoisotopic (exact) mass is 272 g/mol.